The van der Waals surface area contributed by atoms with E-state index >= 15 is 0 Å². The van der Waals surface area contributed by atoms with Crippen LogP contribution in [-0.2, 0) is 4.74 Å². The minimum atomic E-state index is 0.111. The largest absolute Gasteiger partial charge is 0.379 e. The third kappa shape index (κ3) is 3.64. The Labute approximate surface area is 121 Å². The van der Waals surface area contributed by atoms with Gasteiger partial charge in [0.1, 0.15) is 0 Å². The van der Waals surface area contributed by atoms with Crippen LogP contribution in [0.2, 0.25) is 0 Å². The summed E-state index contributed by atoms with van der Waals surface area (Å²) in [4.78, 5) is 16.7. The smallest absolute Gasteiger partial charge is 0.317 e. The summed E-state index contributed by atoms with van der Waals surface area (Å²) in [6.07, 6.45) is 6.00. The van der Waals surface area contributed by atoms with Gasteiger partial charge >= 0.3 is 6.03 Å². The van der Waals surface area contributed by atoms with Crippen molar-refractivity contribution >= 4 is 6.03 Å². The van der Waals surface area contributed by atoms with Gasteiger partial charge in [-0.25, -0.2) is 4.79 Å². The van der Waals surface area contributed by atoms with E-state index in [0.29, 0.717) is 6.61 Å². The second-order valence-electron chi connectivity index (χ2n) is 6.45. The van der Waals surface area contributed by atoms with E-state index in [4.69, 9.17) is 4.74 Å². The fourth-order valence-corrected chi connectivity index (χ4v) is 3.56. The van der Waals surface area contributed by atoms with Crippen LogP contribution in [-0.4, -0.2) is 67.8 Å². The lowest BCUT2D eigenvalue weighted by Gasteiger charge is -2.34. The molecule has 5 heteroatoms. The maximum atomic E-state index is 12.2. The van der Waals surface area contributed by atoms with Crippen LogP contribution in [0, 0.1) is 5.92 Å². The number of nitrogens with zero attached hydrogens (tertiary/aromatic N) is 2. The van der Waals surface area contributed by atoms with Crippen molar-refractivity contribution in [3.63, 3.8) is 0 Å². The normalized spacial score (nSPS) is 29.0. The van der Waals surface area contributed by atoms with Gasteiger partial charge in [-0.15, -0.1) is 0 Å². The van der Waals surface area contributed by atoms with Crippen molar-refractivity contribution in [3.05, 3.63) is 0 Å². The van der Waals surface area contributed by atoms with E-state index in [1.165, 1.54) is 32.5 Å². The first-order valence-corrected chi connectivity index (χ1v) is 8.17. The quantitative estimate of drug-likeness (QED) is 0.848. The maximum absolute atomic E-state index is 12.2. The summed E-state index contributed by atoms with van der Waals surface area (Å²) < 4.78 is 5.30. The van der Waals surface area contributed by atoms with E-state index in [2.05, 4.69) is 10.2 Å². The molecule has 0 aliphatic carbocycles. The van der Waals surface area contributed by atoms with Gasteiger partial charge in [-0.3, -0.25) is 0 Å². The fourth-order valence-electron chi connectivity index (χ4n) is 3.56. The van der Waals surface area contributed by atoms with Crippen LogP contribution in [0.1, 0.15) is 32.1 Å². The fraction of sp³-hybridized carbons (Fsp3) is 0.933. The number of piperidine rings is 1. The molecule has 0 aromatic rings. The van der Waals surface area contributed by atoms with Crippen molar-refractivity contribution in [2.24, 2.45) is 5.92 Å². The first kappa shape index (κ1) is 14.1. The summed E-state index contributed by atoms with van der Waals surface area (Å²) in [6.45, 7) is 7.09. The Bertz CT molecular complexity index is 317. The molecule has 3 rings (SSSR count). The molecule has 1 atom stereocenters. The Kier molecular flexibility index (Phi) is 4.78. The van der Waals surface area contributed by atoms with E-state index in [0.717, 1.165) is 44.9 Å². The highest BCUT2D eigenvalue weighted by atomic mass is 16.5. The molecule has 3 aliphatic rings. The molecule has 3 heterocycles. The Hall–Kier alpha value is -0.810. The van der Waals surface area contributed by atoms with Crippen LogP contribution in [0.15, 0.2) is 0 Å². The van der Waals surface area contributed by atoms with Gasteiger partial charge in [0, 0.05) is 26.2 Å². The molecule has 3 aliphatic heterocycles. The molecule has 0 bridgehead atoms. The number of nitrogens with one attached hydrogen (secondary N) is 1. The predicted octanol–water partition coefficient (Wildman–Crippen LogP) is 1.29. The van der Waals surface area contributed by atoms with Crippen LogP contribution in [0.3, 0.4) is 0 Å². The van der Waals surface area contributed by atoms with Gasteiger partial charge in [-0.2, -0.15) is 0 Å². The number of carbonyl (C=O) groups excluding carboxylic acids is 1. The maximum Gasteiger partial charge on any atom is 0.317 e. The third-order valence-electron chi connectivity index (χ3n) is 4.87. The standard InChI is InChI=1S/C15H27N3O2/c19-15(16-14-5-10-20-12-14)18-8-3-13(4-9-18)11-17-6-1-2-7-17/h13-14H,1-12H2,(H,16,19). The Balaban J connectivity index is 1.37. The SMILES string of the molecule is O=C(NC1CCOC1)N1CCC(CN2CCCC2)CC1. The minimum absolute atomic E-state index is 0.111. The second-order valence-corrected chi connectivity index (χ2v) is 6.45. The lowest BCUT2D eigenvalue weighted by Crippen LogP contribution is -2.48. The van der Waals surface area contributed by atoms with E-state index < -0.39 is 0 Å². The van der Waals surface area contributed by atoms with Gasteiger partial charge in [0.25, 0.3) is 0 Å². The molecule has 0 aromatic heterocycles. The molecule has 0 radical (unpaired) electrons. The van der Waals surface area contributed by atoms with Crippen molar-refractivity contribution in [2.75, 3.05) is 45.9 Å². The van der Waals surface area contributed by atoms with Crippen molar-refractivity contribution in [1.82, 2.24) is 15.1 Å². The lowest BCUT2D eigenvalue weighted by molar-refractivity contribution is 0.149. The zero-order valence-corrected chi connectivity index (χ0v) is 12.4. The third-order valence-corrected chi connectivity index (χ3v) is 4.87. The van der Waals surface area contributed by atoms with Gasteiger partial charge in [0.15, 0.2) is 0 Å². The first-order valence-electron chi connectivity index (χ1n) is 8.17. The zero-order chi connectivity index (χ0) is 13.8. The number of hydrogen-bond donors (Lipinski definition) is 1. The Morgan fingerprint density at radius 2 is 1.85 bits per heavy atom. The summed E-state index contributed by atoms with van der Waals surface area (Å²) in [6, 6.07) is 0.338. The van der Waals surface area contributed by atoms with Crippen LogP contribution >= 0.6 is 0 Å². The zero-order valence-electron chi connectivity index (χ0n) is 12.4. The van der Waals surface area contributed by atoms with E-state index in [1.807, 2.05) is 4.90 Å². The van der Waals surface area contributed by atoms with Crippen LogP contribution in [0.25, 0.3) is 0 Å². The lowest BCUT2D eigenvalue weighted by atomic mass is 9.96. The molecular formula is C15H27N3O2. The molecule has 0 spiro atoms. The minimum Gasteiger partial charge on any atom is -0.379 e. The molecule has 2 amide bonds. The molecule has 114 valence electrons. The molecule has 1 N–H and O–H groups in total. The average Bonchev–Trinajstić information content (AvgIpc) is 3.13. The molecule has 5 nitrogen and oxygen atoms in total. The second kappa shape index (κ2) is 6.76. The van der Waals surface area contributed by atoms with Crippen LogP contribution in [0.5, 0.6) is 0 Å². The van der Waals surface area contributed by atoms with Crippen LogP contribution in [0.4, 0.5) is 4.79 Å². The Morgan fingerprint density at radius 1 is 1.10 bits per heavy atom. The van der Waals surface area contributed by atoms with Crippen molar-refractivity contribution in [1.29, 1.82) is 0 Å². The highest BCUT2D eigenvalue weighted by molar-refractivity contribution is 5.74. The van der Waals surface area contributed by atoms with E-state index in [9.17, 15) is 4.79 Å². The highest BCUT2D eigenvalue weighted by Crippen LogP contribution is 2.20. The molecule has 0 saturated carbocycles. The molecule has 20 heavy (non-hydrogen) atoms. The highest BCUT2D eigenvalue weighted by Gasteiger charge is 2.27. The van der Waals surface area contributed by atoms with Gasteiger partial charge < -0.3 is 19.9 Å². The van der Waals surface area contributed by atoms with E-state index in [1.54, 1.807) is 0 Å². The molecule has 3 fully saturated rings. The number of likely N-dealkylation sites (tertiary alicyclic amines) is 2. The average molecular weight is 281 g/mol. The number of ether oxygens (including phenoxy) is 1. The first-order chi connectivity index (χ1) is 9.81. The number of carbonyl (C=O) groups is 1. The van der Waals surface area contributed by atoms with Gasteiger partial charge in [-0.05, 0) is 51.1 Å². The summed E-state index contributed by atoms with van der Waals surface area (Å²) >= 11 is 0. The molecule has 1 unspecified atom stereocenters. The summed E-state index contributed by atoms with van der Waals surface area (Å²) in [5, 5.41) is 3.09. The molecule has 3 saturated heterocycles. The number of rotatable bonds is 3. The van der Waals surface area contributed by atoms with Crippen molar-refractivity contribution in [3.8, 4) is 0 Å². The number of urea groups is 1. The monoisotopic (exact) mass is 281 g/mol. The number of hydrogen-bond acceptors (Lipinski definition) is 3. The molecule has 0 aromatic carbocycles. The van der Waals surface area contributed by atoms with E-state index in [-0.39, 0.29) is 12.1 Å². The summed E-state index contributed by atoms with van der Waals surface area (Å²) in [5.41, 5.74) is 0. The van der Waals surface area contributed by atoms with Gasteiger partial charge in [-0.1, -0.05) is 0 Å². The van der Waals surface area contributed by atoms with Crippen molar-refractivity contribution in [2.45, 2.75) is 38.1 Å². The summed E-state index contributed by atoms with van der Waals surface area (Å²) in [5.74, 6) is 0.784. The predicted molar refractivity (Wildman–Crippen MR) is 77.7 cm³/mol. The topological polar surface area (TPSA) is 44.8 Å². The van der Waals surface area contributed by atoms with Crippen LogP contribution < -0.4 is 5.32 Å². The van der Waals surface area contributed by atoms with Gasteiger partial charge in [0.2, 0.25) is 0 Å². The van der Waals surface area contributed by atoms with Gasteiger partial charge in [0.05, 0.1) is 12.6 Å². The number of amides is 2. The van der Waals surface area contributed by atoms with Crippen molar-refractivity contribution < 1.29 is 9.53 Å². The molecular weight excluding hydrogens is 254 g/mol. The summed E-state index contributed by atoms with van der Waals surface area (Å²) in [7, 11) is 0. The Morgan fingerprint density at radius 3 is 2.50 bits per heavy atom.